The smallest absolute Gasteiger partial charge is 0.416 e. The Balaban J connectivity index is 2.47. The molecule has 0 heterocycles. The largest absolute Gasteiger partial charge is 0.465 e. The molecular weight excluding hydrogens is 398 g/mol. The Kier molecular flexibility index (Phi) is 5.88. The van der Waals surface area contributed by atoms with Gasteiger partial charge in [-0.15, -0.1) is 0 Å². The first-order valence-electron chi connectivity index (χ1n) is 7.12. The van der Waals surface area contributed by atoms with E-state index in [2.05, 4.69) is 4.74 Å². The molecule has 3 nitrogen and oxygen atoms in total. The third kappa shape index (κ3) is 5.03. The molecule has 0 unspecified atom stereocenters. The van der Waals surface area contributed by atoms with Crippen LogP contribution in [-0.2, 0) is 17.1 Å². The monoisotopic (exact) mass is 408 g/mol. The number of thioether (sulfide) groups is 1. The number of carbonyl (C=O) groups is 2. The van der Waals surface area contributed by atoms with Gasteiger partial charge in [0.2, 0.25) is 5.12 Å². The topological polar surface area (TPSA) is 43.4 Å². The quantitative estimate of drug-likeness (QED) is 0.385. The normalized spacial score (nSPS) is 12.0. The molecule has 0 spiro atoms. The summed E-state index contributed by atoms with van der Waals surface area (Å²) in [7, 11) is 1.09. The summed E-state index contributed by atoms with van der Waals surface area (Å²) in [5, 5.41) is -1.08. The number of hydrogen-bond donors (Lipinski definition) is 0. The van der Waals surface area contributed by atoms with E-state index in [1.165, 1.54) is 24.3 Å². The molecule has 0 saturated carbocycles. The zero-order chi connectivity index (χ0) is 20.4. The molecule has 2 aromatic carbocycles. The zero-order valence-corrected chi connectivity index (χ0v) is 14.3. The Morgan fingerprint density at radius 1 is 0.889 bits per heavy atom. The van der Waals surface area contributed by atoms with Crippen LogP contribution in [0.15, 0.2) is 47.4 Å². The van der Waals surface area contributed by atoms with Gasteiger partial charge in [-0.2, -0.15) is 26.3 Å². The number of esters is 1. The summed E-state index contributed by atoms with van der Waals surface area (Å²) in [6.07, 6.45) is -10.1. The molecule has 0 aliphatic carbocycles. The maximum absolute atomic E-state index is 12.9. The Morgan fingerprint density at radius 2 is 1.41 bits per heavy atom. The fourth-order valence-electron chi connectivity index (χ4n) is 2.07. The molecule has 0 radical (unpaired) electrons. The third-order valence-electron chi connectivity index (χ3n) is 3.32. The molecule has 0 atom stereocenters. The second-order valence-electron chi connectivity index (χ2n) is 5.17. The van der Waals surface area contributed by atoms with Gasteiger partial charge in [-0.25, -0.2) is 4.79 Å². The van der Waals surface area contributed by atoms with E-state index >= 15 is 0 Å². The van der Waals surface area contributed by atoms with Gasteiger partial charge in [-0.1, -0.05) is 12.1 Å². The first kappa shape index (κ1) is 20.8. The predicted molar refractivity (Wildman–Crippen MR) is 84.4 cm³/mol. The van der Waals surface area contributed by atoms with Gasteiger partial charge >= 0.3 is 18.3 Å². The fraction of sp³-hybridized carbons (Fsp3) is 0.176. The van der Waals surface area contributed by atoms with Gasteiger partial charge < -0.3 is 4.74 Å². The van der Waals surface area contributed by atoms with Gasteiger partial charge in [0.25, 0.3) is 0 Å². The summed E-state index contributed by atoms with van der Waals surface area (Å²) in [4.78, 5) is 24.0. The molecule has 0 aliphatic heterocycles. The van der Waals surface area contributed by atoms with Crippen molar-refractivity contribution in [2.45, 2.75) is 17.2 Å². The second-order valence-corrected chi connectivity index (χ2v) is 6.19. The lowest BCUT2D eigenvalue weighted by atomic mass is 10.1. The average molecular weight is 408 g/mol. The van der Waals surface area contributed by atoms with Crippen molar-refractivity contribution in [2.24, 2.45) is 0 Å². The summed E-state index contributed by atoms with van der Waals surface area (Å²) in [5.74, 6) is -0.800. The molecule has 2 aromatic rings. The number of hydrogen-bond acceptors (Lipinski definition) is 4. The first-order chi connectivity index (χ1) is 12.4. The van der Waals surface area contributed by atoms with Crippen LogP contribution in [0.3, 0.4) is 0 Å². The Bertz CT molecular complexity index is 841. The molecule has 27 heavy (non-hydrogen) atoms. The van der Waals surface area contributed by atoms with E-state index in [0.717, 1.165) is 7.11 Å². The van der Waals surface area contributed by atoms with Gasteiger partial charge in [0, 0.05) is 10.5 Å². The van der Waals surface area contributed by atoms with E-state index in [0.29, 0.717) is 23.9 Å². The molecule has 0 amide bonds. The minimum Gasteiger partial charge on any atom is -0.465 e. The standard InChI is InChI=1S/C17H10F6O3S/c1-26-14(24)12-4-2-3-5-13(12)27-15(25)9-6-10(16(18,19)20)8-11(7-9)17(21,22)23/h2-8H,1H3. The van der Waals surface area contributed by atoms with Crippen molar-refractivity contribution in [3.63, 3.8) is 0 Å². The summed E-state index contributed by atoms with van der Waals surface area (Å²) in [6, 6.07) is 6.17. The second kappa shape index (κ2) is 7.63. The Hall–Kier alpha value is -2.49. The number of carbonyl (C=O) groups excluding carboxylic acids is 2. The Labute approximate surface area is 153 Å². The lowest BCUT2D eigenvalue weighted by Crippen LogP contribution is -2.13. The van der Waals surface area contributed by atoms with Crippen LogP contribution in [0.25, 0.3) is 0 Å². The number of ether oxygens (including phenoxy) is 1. The zero-order valence-electron chi connectivity index (χ0n) is 13.4. The minimum atomic E-state index is -5.06. The van der Waals surface area contributed by atoms with Crippen LogP contribution in [0.1, 0.15) is 31.8 Å². The SMILES string of the molecule is COC(=O)c1ccccc1SC(=O)c1cc(C(F)(F)F)cc(C(F)(F)F)c1. The van der Waals surface area contributed by atoms with E-state index in [4.69, 9.17) is 0 Å². The highest BCUT2D eigenvalue weighted by atomic mass is 32.2. The highest BCUT2D eigenvalue weighted by Crippen LogP contribution is 2.37. The molecule has 0 fully saturated rings. The summed E-state index contributed by atoms with van der Waals surface area (Å²) in [5.41, 5.74) is -4.02. The van der Waals surface area contributed by atoms with Crippen LogP contribution in [0.5, 0.6) is 0 Å². The van der Waals surface area contributed by atoms with Crippen LogP contribution in [-0.4, -0.2) is 18.2 Å². The van der Waals surface area contributed by atoms with Gasteiger partial charge in [-0.3, -0.25) is 4.79 Å². The maximum atomic E-state index is 12.9. The summed E-state index contributed by atoms with van der Waals surface area (Å²) < 4.78 is 81.9. The van der Waals surface area contributed by atoms with Gasteiger partial charge in [0.15, 0.2) is 0 Å². The predicted octanol–water partition coefficient (Wildman–Crippen LogP) is 5.44. The lowest BCUT2D eigenvalue weighted by Gasteiger charge is -2.14. The van der Waals surface area contributed by atoms with Crippen molar-refractivity contribution in [1.82, 2.24) is 0 Å². The van der Waals surface area contributed by atoms with Gasteiger partial charge in [0.05, 0.1) is 23.8 Å². The van der Waals surface area contributed by atoms with Gasteiger partial charge in [-0.05, 0) is 42.1 Å². The number of benzene rings is 2. The van der Waals surface area contributed by atoms with Crippen molar-refractivity contribution in [2.75, 3.05) is 7.11 Å². The number of alkyl halides is 6. The molecule has 2 rings (SSSR count). The van der Waals surface area contributed by atoms with Gasteiger partial charge in [0.1, 0.15) is 0 Å². The third-order valence-corrected chi connectivity index (χ3v) is 4.32. The number of rotatable bonds is 3. The van der Waals surface area contributed by atoms with Crippen molar-refractivity contribution in [3.05, 3.63) is 64.7 Å². The van der Waals surface area contributed by atoms with Crippen molar-refractivity contribution < 1.29 is 40.7 Å². The highest BCUT2D eigenvalue weighted by Gasteiger charge is 2.37. The summed E-state index contributed by atoms with van der Waals surface area (Å²) >= 11 is 0.331. The van der Waals surface area contributed by atoms with Crippen molar-refractivity contribution in [3.8, 4) is 0 Å². The van der Waals surface area contributed by atoms with E-state index in [-0.39, 0.29) is 16.5 Å². The molecular formula is C17H10F6O3S. The van der Waals surface area contributed by atoms with E-state index in [9.17, 15) is 35.9 Å². The Morgan fingerprint density at radius 3 is 1.89 bits per heavy atom. The molecule has 0 N–H and O–H groups in total. The highest BCUT2D eigenvalue weighted by molar-refractivity contribution is 8.14. The van der Waals surface area contributed by atoms with Crippen LogP contribution in [0, 0.1) is 0 Å². The molecule has 0 saturated heterocycles. The van der Waals surface area contributed by atoms with E-state index in [1.807, 2.05) is 0 Å². The van der Waals surface area contributed by atoms with Crippen LogP contribution < -0.4 is 0 Å². The molecule has 0 aromatic heterocycles. The van der Waals surface area contributed by atoms with Crippen LogP contribution in [0.4, 0.5) is 26.3 Å². The van der Waals surface area contributed by atoms with Crippen LogP contribution >= 0.6 is 11.8 Å². The number of methoxy groups -OCH3 is 1. The molecule has 10 heteroatoms. The van der Waals surface area contributed by atoms with Crippen LogP contribution in [0.2, 0.25) is 0 Å². The molecule has 0 bridgehead atoms. The molecule has 144 valence electrons. The summed E-state index contributed by atoms with van der Waals surface area (Å²) in [6.45, 7) is 0. The fourth-order valence-corrected chi connectivity index (χ4v) is 2.91. The van der Waals surface area contributed by atoms with Crippen molar-refractivity contribution in [1.29, 1.82) is 0 Å². The molecule has 0 aliphatic rings. The number of halogens is 6. The van der Waals surface area contributed by atoms with Crippen molar-refractivity contribution >= 4 is 22.8 Å². The average Bonchev–Trinajstić information content (AvgIpc) is 2.59. The first-order valence-corrected chi connectivity index (χ1v) is 7.94. The lowest BCUT2D eigenvalue weighted by molar-refractivity contribution is -0.143. The maximum Gasteiger partial charge on any atom is 0.416 e. The minimum absolute atomic E-state index is 0.0404. The van der Waals surface area contributed by atoms with E-state index < -0.39 is 40.1 Å². The van der Waals surface area contributed by atoms with E-state index in [1.54, 1.807) is 0 Å².